The minimum Gasteiger partial charge on any atom is -0.478 e. The summed E-state index contributed by atoms with van der Waals surface area (Å²) in [6.45, 7) is 1.25. The van der Waals surface area contributed by atoms with E-state index in [9.17, 15) is 13.6 Å². The van der Waals surface area contributed by atoms with Crippen LogP contribution in [0.3, 0.4) is 0 Å². The van der Waals surface area contributed by atoms with Crippen molar-refractivity contribution in [3.8, 4) is 0 Å². The molecule has 1 saturated carbocycles. The van der Waals surface area contributed by atoms with Crippen LogP contribution in [0.15, 0.2) is 36.8 Å². The number of alkyl halides is 2. The molecular weight excluding hydrogens is 304 g/mol. The van der Waals surface area contributed by atoms with E-state index in [-0.39, 0.29) is 5.56 Å². The molecule has 0 spiro atoms. The van der Waals surface area contributed by atoms with Crippen molar-refractivity contribution in [2.75, 3.05) is 18.0 Å². The molecule has 1 aliphatic heterocycles. The zero-order valence-corrected chi connectivity index (χ0v) is 12.2. The summed E-state index contributed by atoms with van der Waals surface area (Å²) in [6.07, 6.45) is 4.97. The highest BCUT2D eigenvalue weighted by atomic mass is 19.3. The number of rotatable bonds is 4. The molecule has 0 aromatic carbocycles. The summed E-state index contributed by atoms with van der Waals surface area (Å²) < 4.78 is 28.2. The molecule has 120 valence electrons. The molecular formula is C16H15F2N3O2. The molecule has 1 N–H and O–H groups in total. The van der Waals surface area contributed by atoms with Crippen molar-refractivity contribution in [2.24, 2.45) is 11.8 Å². The maximum atomic E-state index is 13.2. The number of carboxylic acid groups (broad SMARTS) is 1. The van der Waals surface area contributed by atoms with E-state index in [4.69, 9.17) is 5.11 Å². The second-order valence-electron chi connectivity index (χ2n) is 6.19. The van der Waals surface area contributed by atoms with Crippen LogP contribution in [0, 0.1) is 11.8 Å². The summed E-state index contributed by atoms with van der Waals surface area (Å²) in [6, 6.07) is 5.27. The first kappa shape index (κ1) is 14.2. The third kappa shape index (κ3) is 2.36. The van der Waals surface area contributed by atoms with Gasteiger partial charge in [-0.3, -0.25) is 0 Å². The molecule has 0 radical (unpaired) electrons. The predicted octanol–water partition coefficient (Wildman–Crippen LogP) is 2.33. The van der Waals surface area contributed by atoms with Crippen LogP contribution in [0.25, 0.3) is 0 Å². The fraction of sp³-hybridized carbons (Fsp3) is 0.375. The molecule has 5 nitrogen and oxygen atoms in total. The molecule has 23 heavy (non-hydrogen) atoms. The van der Waals surface area contributed by atoms with Crippen LogP contribution in [-0.4, -0.2) is 39.6 Å². The van der Waals surface area contributed by atoms with Gasteiger partial charge in [-0.1, -0.05) is 6.07 Å². The van der Waals surface area contributed by atoms with Crippen LogP contribution in [0.4, 0.5) is 14.6 Å². The standard InChI is InChI=1S/C16H15F2N3O2/c17-16(18)12-8-21(9-13(12)16)14-2-1-10(5-19-14)6-20-4-3-11(7-20)15(22)23/h1-5,7,12-13H,6,8-9H2,(H,22,23). The Kier molecular flexibility index (Phi) is 2.94. The fourth-order valence-electron chi connectivity index (χ4n) is 3.27. The van der Waals surface area contributed by atoms with Crippen LogP contribution in [0.1, 0.15) is 15.9 Å². The summed E-state index contributed by atoms with van der Waals surface area (Å²) in [5.41, 5.74) is 1.17. The van der Waals surface area contributed by atoms with Gasteiger partial charge >= 0.3 is 5.97 Å². The third-order valence-corrected chi connectivity index (χ3v) is 4.70. The van der Waals surface area contributed by atoms with Crippen molar-refractivity contribution in [3.63, 3.8) is 0 Å². The lowest BCUT2D eigenvalue weighted by Gasteiger charge is -2.20. The van der Waals surface area contributed by atoms with E-state index in [0.29, 0.717) is 19.6 Å². The van der Waals surface area contributed by atoms with Crippen LogP contribution >= 0.6 is 0 Å². The number of nitrogens with zero attached hydrogens (tertiary/aromatic N) is 3. The van der Waals surface area contributed by atoms with Crippen molar-refractivity contribution >= 4 is 11.8 Å². The normalized spacial score (nSPS) is 24.5. The number of aromatic carboxylic acids is 1. The second kappa shape index (κ2) is 4.78. The maximum absolute atomic E-state index is 13.2. The predicted molar refractivity (Wildman–Crippen MR) is 78.9 cm³/mol. The Hall–Kier alpha value is -2.44. The number of fused-ring (bicyclic) bond motifs is 1. The topological polar surface area (TPSA) is 58.4 Å². The molecule has 2 fully saturated rings. The SMILES string of the molecule is O=C(O)c1ccn(Cc2ccc(N3CC4C(C3)C4(F)F)nc2)c1. The van der Waals surface area contributed by atoms with Gasteiger partial charge in [0.25, 0.3) is 5.92 Å². The molecule has 1 saturated heterocycles. The molecule has 1 aliphatic carbocycles. The molecule has 4 rings (SSSR count). The van der Waals surface area contributed by atoms with E-state index in [2.05, 4.69) is 4.98 Å². The average Bonchev–Trinajstić information content (AvgIpc) is 2.99. The molecule has 7 heteroatoms. The molecule has 2 atom stereocenters. The van der Waals surface area contributed by atoms with E-state index in [1.165, 1.54) is 0 Å². The minimum absolute atomic E-state index is 0.242. The summed E-state index contributed by atoms with van der Waals surface area (Å²) >= 11 is 0. The number of aromatic nitrogens is 2. The lowest BCUT2D eigenvalue weighted by Crippen LogP contribution is -2.28. The van der Waals surface area contributed by atoms with Crippen LogP contribution < -0.4 is 4.90 Å². The first-order valence-corrected chi connectivity index (χ1v) is 7.42. The van der Waals surface area contributed by atoms with Crippen LogP contribution in [0.2, 0.25) is 0 Å². The van der Waals surface area contributed by atoms with Gasteiger partial charge in [-0.15, -0.1) is 0 Å². The minimum atomic E-state index is -2.48. The average molecular weight is 319 g/mol. The number of carboxylic acids is 1. The van der Waals surface area contributed by atoms with Gasteiger partial charge in [0.2, 0.25) is 0 Å². The summed E-state index contributed by atoms with van der Waals surface area (Å²) in [4.78, 5) is 17.1. The molecule has 2 unspecified atom stereocenters. The van der Waals surface area contributed by atoms with Crippen molar-refractivity contribution < 1.29 is 18.7 Å². The molecule has 0 bridgehead atoms. The van der Waals surface area contributed by atoms with Gasteiger partial charge < -0.3 is 14.6 Å². The lowest BCUT2D eigenvalue weighted by atomic mass is 10.2. The quantitative estimate of drug-likeness (QED) is 0.940. The Morgan fingerprint density at radius 1 is 1.30 bits per heavy atom. The third-order valence-electron chi connectivity index (χ3n) is 4.70. The van der Waals surface area contributed by atoms with Crippen molar-refractivity contribution in [3.05, 3.63) is 47.9 Å². The Bertz CT molecular complexity index is 743. The molecule has 2 aliphatic rings. The van der Waals surface area contributed by atoms with Gasteiger partial charge in [-0.25, -0.2) is 18.6 Å². The van der Waals surface area contributed by atoms with Gasteiger partial charge in [0, 0.05) is 38.2 Å². The van der Waals surface area contributed by atoms with E-state index < -0.39 is 23.7 Å². The fourth-order valence-corrected chi connectivity index (χ4v) is 3.27. The largest absolute Gasteiger partial charge is 0.478 e. The number of carbonyl (C=O) groups is 1. The number of hydrogen-bond acceptors (Lipinski definition) is 3. The van der Waals surface area contributed by atoms with E-state index in [0.717, 1.165) is 11.4 Å². The maximum Gasteiger partial charge on any atom is 0.337 e. The van der Waals surface area contributed by atoms with Crippen molar-refractivity contribution in [2.45, 2.75) is 12.5 Å². The highest BCUT2D eigenvalue weighted by molar-refractivity contribution is 5.87. The summed E-state index contributed by atoms with van der Waals surface area (Å²) in [5.74, 6) is -3.75. The number of anilines is 1. The molecule has 0 amide bonds. The van der Waals surface area contributed by atoms with Gasteiger partial charge in [0.1, 0.15) is 5.82 Å². The Morgan fingerprint density at radius 3 is 2.61 bits per heavy atom. The Labute approximate surface area is 131 Å². The van der Waals surface area contributed by atoms with Gasteiger partial charge in [-0.05, 0) is 17.7 Å². The van der Waals surface area contributed by atoms with E-state index in [1.54, 1.807) is 29.2 Å². The number of hydrogen-bond donors (Lipinski definition) is 1. The first-order valence-electron chi connectivity index (χ1n) is 7.42. The number of piperidine rings is 1. The number of pyridine rings is 1. The highest BCUT2D eigenvalue weighted by Gasteiger charge is 2.71. The van der Waals surface area contributed by atoms with Gasteiger partial charge in [-0.2, -0.15) is 0 Å². The zero-order chi connectivity index (χ0) is 16.2. The highest BCUT2D eigenvalue weighted by Crippen LogP contribution is 2.59. The number of halogens is 2. The van der Waals surface area contributed by atoms with Gasteiger partial charge in [0.05, 0.1) is 17.4 Å². The zero-order valence-electron chi connectivity index (χ0n) is 12.2. The second-order valence-corrected chi connectivity index (χ2v) is 6.19. The Morgan fingerprint density at radius 2 is 2.04 bits per heavy atom. The monoisotopic (exact) mass is 319 g/mol. The van der Waals surface area contributed by atoms with Crippen LogP contribution in [0.5, 0.6) is 0 Å². The van der Waals surface area contributed by atoms with Gasteiger partial charge in [0.15, 0.2) is 0 Å². The molecule has 3 heterocycles. The van der Waals surface area contributed by atoms with Crippen molar-refractivity contribution in [1.82, 2.24) is 9.55 Å². The molecule has 2 aromatic heterocycles. The lowest BCUT2D eigenvalue weighted by molar-refractivity contribution is 0.0696. The smallest absolute Gasteiger partial charge is 0.337 e. The Balaban J connectivity index is 1.41. The molecule has 2 aromatic rings. The first-order chi connectivity index (χ1) is 10.9. The van der Waals surface area contributed by atoms with E-state index >= 15 is 0 Å². The summed E-state index contributed by atoms with van der Waals surface area (Å²) in [7, 11) is 0. The van der Waals surface area contributed by atoms with Crippen molar-refractivity contribution in [1.29, 1.82) is 0 Å². The summed E-state index contributed by atoms with van der Waals surface area (Å²) in [5, 5.41) is 8.90. The van der Waals surface area contributed by atoms with E-state index in [1.807, 2.05) is 17.0 Å². The van der Waals surface area contributed by atoms with Crippen LogP contribution in [-0.2, 0) is 6.54 Å².